The quantitative estimate of drug-likeness (QED) is 0.474. The minimum Gasteiger partial charge on any atom is -0.310 e. The van der Waals surface area contributed by atoms with Crippen LogP contribution in [0.25, 0.3) is 10.8 Å². The molecule has 0 saturated carbocycles. The van der Waals surface area contributed by atoms with E-state index in [2.05, 4.69) is 24.0 Å². The summed E-state index contributed by atoms with van der Waals surface area (Å²) in [7, 11) is 0. The Bertz CT molecular complexity index is 539. The standard InChI is InChI=1S/C15H17NOS/c17-15(11-16-8-3-9-18)14-7-6-12-4-1-2-5-13(12)10-14/h1-2,4-7,10,16,18H,3,8-9,11H2. The lowest BCUT2D eigenvalue weighted by Gasteiger charge is -2.04. The molecule has 0 aliphatic rings. The molecule has 2 nitrogen and oxygen atoms in total. The Morgan fingerprint density at radius 3 is 2.67 bits per heavy atom. The zero-order valence-electron chi connectivity index (χ0n) is 10.2. The largest absolute Gasteiger partial charge is 0.310 e. The normalized spacial score (nSPS) is 10.7. The van der Waals surface area contributed by atoms with Crippen molar-refractivity contribution in [2.45, 2.75) is 6.42 Å². The molecule has 0 aliphatic carbocycles. The van der Waals surface area contributed by atoms with Crippen LogP contribution in [0.5, 0.6) is 0 Å². The molecule has 3 heteroatoms. The van der Waals surface area contributed by atoms with Crippen molar-refractivity contribution in [1.29, 1.82) is 0 Å². The Hall–Kier alpha value is -1.32. The van der Waals surface area contributed by atoms with Gasteiger partial charge in [-0.3, -0.25) is 4.79 Å². The lowest BCUT2D eigenvalue weighted by atomic mass is 10.0. The number of carbonyl (C=O) groups is 1. The topological polar surface area (TPSA) is 29.1 Å². The molecule has 18 heavy (non-hydrogen) atoms. The maximum absolute atomic E-state index is 12.0. The fraction of sp³-hybridized carbons (Fsp3) is 0.267. The van der Waals surface area contributed by atoms with Crippen LogP contribution in [0.2, 0.25) is 0 Å². The van der Waals surface area contributed by atoms with Gasteiger partial charge < -0.3 is 5.32 Å². The zero-order chi connectivity index (χ0) is 12.8. The van der Waals surface area contributed by atoms with E-state index in [9.17, 15) is 4.79 Å². The number of ketones is 1. The van der Waals surface area contributed by atoms with Crippen molar-refractivity contribution in [3.05, 3.63) is 48.0 Å². The predicted octanol–water partition coefficient (Wildman–Crippen LogP) is 2.93. The molecule has 0 spiro atoms. The molecule has 0 aromatic heterocycles. The van der Waals surface area contributed by atoms with Gasteiger partial charge in [-0.15, -0.1) is 0 Å². The van der Waals surface area contributed by atoms with Gasteiger partial charge in [-0.2, -0.15) is 12.6 Å². The minimum atomic E-state index is 0.139. The fourth-order valence-corrected chi connectivity index (χ4v) is 2.03. The third-order valence-electron chi connectivity index (χ3n) is 2.87. The summed E-state index contributed by atoms with van der Waals surface area (Å²) in [5.74, 6) is 0.983. The van der Waals surface area contributed by atoms with Crippen LogP contribution in [0.3, 0.4) is 0 Å². The van der Waals surface area contributed by atoms with Crippen LogP contribution in [0.1, 0.15) is 16.8 Å². The summed E-state index contributed by atoms with van der Waals surface area (Å²) in [4.78, 5) is 12.0. The number of hydrogen-bond acceptors (Lipinski definition) is 3. The molecule has 1 N–H and O–H groups in total. The van der Waals surface area contributed by atoms with E-state index >= 15 is 0 Å². The molecule has 0 unspecified atom stereocenters. The molecular formula is C15H17NOS. The first-order chi connectivity index (χ1) is 8.81. The van der Waals surface area contributed by atoms with Crippen LogP contribution in [0, 0.1) is 0 Å². The Morgan fingerprint density at radius 1 is 1.11 bits per heavy atom. The van der Waals surface area contributed by atoms with Crippen LogP contribution < -0.4 is 5.32 Å². The molecule has 2 aromatic carbocycles. The maximum atomic E-state index is 12.0. The first kappa shape index (κ1) is 13.1. The monoisotopic (exact) mass is 259 g/mol. The number of fused-ring (bicyclic) bond motifs is 1. The van der Waals surface area contributed by atoms with Crippen molar-refractivity contribution in [3.63, 3.8) is 0 Å². The van der Waals surface area contributed by atoms with Gasteiger partial charge in [-0.25, -0.2) is 0 Å². The van der Waals surface area contributed by atoms with Crippen molar-refractivity contribution in [2.75, 3.05) is 18.8 Å². The fourth-order valence-electron chi connectivity index (χ4n) is 1.87. The van der Waals surface area contributed by atoms with E-state index in [0.29, 0.717) is 6.54 Å². The zero-order valence-corrected chi connectivity index (χ0v) is 11.1. The summed E-state index contributed by atoms with van der Waals surface area (Å²) in [6.07, 6.45) is 0.980. The molecule has 0 amide bonds. The third kappa shape index (κ3) is 3.34. The Balaban J connectivity index is 2.04. The van der Waals surface area contributed by atoms with Crippen molar-refractivity contribution in [1.82, 2.24) is 5.32 Å². The van der Waals surface area contributed by atoms with Gasteiger partial charge in [0.2, 0.25) is 0 Å². The number of Topliss-reactive ketones (excluding diaryl/α,β-unsaturated/α-hetero) is 1. The van der Waals surface area contributed by atoms with Crippen molar-refractivity contribution >= 4 is 29.2 Å². The van der Waals surface area contributed by atoms with Crippen molar-refractivity contribution in [3.8, 4) is 0 Å². The summed E-state index contributed by atoms with van der Waals surface area (Å²) >= 11 is 4.13. The van der Waals surface area contributed by atoms with E-state index in [4.69, 9.17) is 0 Å². The highest BCUT2D eigenvalue weighted by Crippen LogP contribution is 2.15. The van der Waals surface area contributed by atoms with Crippen molar-refractivity contribution < 1.29 is 4.79 Å². The number of nitrogens with one attached hydrogen (secondary N) is 1. The van der Waals surface area contributed by atoms with E-state index in [-0.39, 0.29) is 5.78 Å². The lowest BCUT2D eigenvalue weighted by molar-refractivity contribution is 0.0991. The highest BCUT2D eigenvalue weighted by molar-refractivity contribution is 7.80. The summed E-state index contributed by atoms with van der Waals surface area (Å²) in [5, 5.41) is 5.41. The molecule has 0 heterocycles. The van der Waals surface area contributed by atoms with Crippen molar-refractivity contribution in [2.24, 2.45) is 0 Å². The number of thiol groups is 1. The second kappa shape index (κ2) is 6.57. The highest BCUT2D eigenvalue weighted by atomic mass is 32.1. The minimum absolute atomic E-state index is 0.139. The average molecular weight is 259 g/mol. The molecule has 0 bridgehead atoms. The van der Waals surface area contributed by atoms with Gasteiger partial charge in [0.1, 0.15) is 0 Å². The van der Waals surface area contributed by atoms with E-state index in [0.717, 1.165) is 35.1 Å². The molecule has 0 saturated heterocycles. The van der Waals surface area contributed by atoms with Gasteiger partial charge >= 0.3 is 0 Å². The summed E-state index contributed by atoms with van der Waals surface area (Å²) < 4.78 is 0. The average Bonchev–Trinajstić information content (AvgIpc) is 2.43. The molecule has 0 fully saturated rings. The number of rotatable bonds is 6. The van der Waals surface area contributed by atoms with E-state index < -0.39 is 0 Å². The molecule has 2 rings (SSSR count). The summed E-state index contributed by atoms with van der Waals surface area (Å²) in [6.45, 7) is 1.23. The smallest absolute Gasteiger partial charge is 0.176 e. The maximum Gasteiger partial charge on any atom is 0.176 e. The van der Waals surface area contributed by atoms with Crippen LogP contribution in [-0.4, -0.2) is 24.6 Å². The number of benzene rings is 2. The lowest BCUT2D eigenvalue weighted by Crippen LogP contribution is -2.24. The number of hydrogen-bond donors (Lipinski definition) is 2. The first-order valence-electron chi connectivity index (χ1n) is 6.15. The molecule has 0 atom stereocenters. The van der Waals surface area contributed by atoms with Crippen LogP contribution in [-0.2, 0) is 0 Å². The number of carbonyl (C=O) groups excluding carboxylic acids is 1. The van der Waals surface area contributed by atoms with Gasteiger partial charge in [0.15, 0.2) is 5.78 Å². The first-order valence-corrected chi connectivity index (χ1v) is 6.78. The van der Waals surface area contributed by atoms with E-state index in [1.54, 1.807) is 0 Å². The van der Waals surface area contributed by atoms with Gasteiger partial charge in [-0.1, -0.05) is 36.4 Å². The second-order valence-electron chi connectivity index (χ2n) is 4.24. The van der Waals surface area contributed by atoms with Gasteiger partial charge in [0, 0.05) is 5.56 Å². The molecule has 94 valence electrons. The Morgan fingerprint density at radius 2 is 1.89 bits per heavy atom. The molecule has 0 aliphatic heterocycles. The van der Waals surface area contributed by atoms with E-state index in [1.807, 2.05) is 36.4 Å². The highest BCUT2D eigenvalue weighted by Gasteiger charge is 2.05. The molecular weight excluding hydrogens is 242 g/mol. The van der Waals surface area contributed by atoms with Crippen LogP contribution in [0.4, 0.5) is 0 Å². The van der Waals surface area contributed by atoms with Gasteiger partial charge in [0.05, 0.1) is 6.54 Å². The van der Waals surface area contributed by atoms with Crippen LogP contribution in [0.15, 0.2) is 42.5 Å². The molecule has 0 radical (unpaired) electrons. The van der Waals surface area contributed by atoms with Gasteiger partial charge in [0.25, 0.3) is 0 Å². The van der Waals surface area contributed by atoms with E-state index in [1.165, 1.54) is 0 Å². The second-order valence-corrected chi connectivity index (χ2v) is 4.69. The predicted molar refractivity (Wildman–Crippen MR) is 79.6 cm³/mol. The third-order valence-corrected chi connectivity index (χ3v) is 3.18. The summed E-state index contributed by atoms with van der Waals surface area (Å²) in [6, 6.07) is 13.9. The Labute approximate surface area is 113 Å². The molecule has 2 aromatic rings. The van der Waals surface area contributed by atoms with Gasteiger partial charge in [-0.05, 0) is 35.6 Å². The summed E-state index contributed by atoms with van der Waals surface area (Å²) in [5.41, 5.74) is 0.770. The van der Waals surface area contributed by atoms with Crippen LogP contribution >= 0.6 is 12.6 Å². The Kier molecular flexibility index (Phi) is 4.79. The SMILES string of the molecule is O=C(CNCCCS)c1ccc2ccccc2c1.